The molecule has 113 valence electrons. The minimum Gasteiger partial charge on any atom is -0.536 e. The van der Waals surface area contributed by atoms with Gasteiger partial charge < -0.3 is 4.79 Å². The number of carbonyl (C=O) groups excluding carboxylic acids is 1. The Morgan fingerprint density at radius 3 is 1.81 bits per heavy atom. The number of nitrogens with zero attached hydrogens (tertiary/aromatic N) is 1. The van der Waals surface area contributed by atoms with E-state index in [4.69, 9.17) is 0 Å². The third-order valence-electron chi connectivity index (χ3n) is 1.91. The second-order valence-electron chi connectivity index (χ2n) is 3.27. The maximum Gasteiger partial charge on any atom is 0.166 e. The molecule has 0 amide bonds. The van der Waals surface area contributed by atoms with Crippen LogP contribution in [-0.2, 0) is 44.0 Å². The van der Waals surface area contributed by atoms with Crippen LogP contribution in [0.3, 0.4) is 0 Å². The Hall–Kier alpha value is -0.856. The quantitative estimate of drug-likeness (QED) is 0.587. The summed E-state index contributed by atoms with van der Waals surface area (Å²) in [4.78, 5) is 9.83. The molecule has 0 N–H and O–H groups in total. The molecule has 0 saturated heterocycles. The normalized spacial score (nSPS) is 7.29. The third-order valence-corrected chi connectivity index (χ3v) is 1.91. The van der Waals surface area contributed by atoms with E-state index < -0.39 is 0 Å². The van der Waals surface area contributed by atoms with E-state index in [1.54, 1.807) is 10.9 Å². The molecule has 2 aromatic rings. The molecule has 2 nitrogen and oxygen atoms in total. The Bertz CT molecular complexity index is 404. The van der Waals surface area contributed by atoms with Crippen molar-refractivity contribution < 1.29 is 42.1 Å². The number of hydrogen-bond acceptors (Lipinski definition) is 1. The minimum atomic E-state index is 0. The summed E-state index contributed by atoms with van der Waals surface area (Å²) in [7, 11) is 0. The van der Waals surface area contributed by atoms with Crippen molar-refractivity contribution in [2.24, 2.45) is 0 Å². The maximum absolute atomic E-state index is 9.83. The van der Waals surface area contributed by atoms with Crippen molar-refractivity contribution in [3.63, 3.8) is 0 Å². The van der Waals surface area contributed by atoms with Crippen molar-refractivity contribution in [1.29, 1.82) is 0 Å². The molecule has 0 spiro atoms. The van der Waals surface area contributed by atoms with E-state index in [9.17, 15) is 4.79 Å². The molecule has 0 aliphatic rings. The molecule has 21 heavy (non-hydrogen) atoms. The van der Waals surface area contributed by atoms with Crippen LogP contribution >= 0.6 is 0 Å². The Morgan fingerprint density at radius 2 is 1.48 bits per heavy atom. The molecule has 0 unspecified atom stereocenters. The summed E-state index contributed by atoms with van der Waals surface area (Å²) in [6.45, 7) is 10.4. The minimum absolute atomic E-state index is 0. The predicted molar refractivity (Wildman–Crippen MR) is 85.0 cm³/mol. The second-order valence-corrected chi connectivity index (χ2v) is 3.27. The summed E-state index contributed by atoms with van der Waals surface area (Å²) < 4.78 is 1.76. The van der Waals surface area contributed by atoms with Crippen LogP contribution in [0.2, 0.25) is 0 Å². The summed E-state index contributed by atoms with van der Waals surface area (Å²) in [5, 5.41) is 0. The van der Waals surface area contributed by atoms with E-state index in [-0.39, 0.29) is 32.7 Å². The zero-order valence-corrected chi connectivity index (χ0v) is 16.7. The van der Waals surface area contributed by atoms with Crippen LogP contribution < -0.4 is 4.57 Å². The zero-order valence-electron chi connectivity index (χ0n) is 13.8. The van der Waals surface area contributed by atoms with Gasteiger partial charge in [-0.3, -0.25) is 0 Å². The van der Waals surface area contributed by atoms with Gasteiger partial charge in [0, 0.05) is 44.8 Å². The SMILES string of the molecule is CC.CC.Cc1cc[c-]cc1.O=[C-]C[n+]1ccccc1.[Y]. The van der Waals surface area contributed by atoms with Crippen molar-refractivity contribution in [1.82, 2.24) is 0 Å². The molecule has 0 atom stereocenters. The Balaban J connectivity index is -0.000000244. The standard InChI is InChI=1S/C7H7NO.C7H7.2C2H6.Y/c9-7-6-8-4-2-1-3-5-8;1-7-5-3-2-4-6-7;2*1-2;/h1-5H,6H2;3-6H,1H3;2*1-2H3;/q;-1;;;. The van der Waals surface area contributed by atoms with Gasteiger partial charge in [0.15, 0.2) is 12.4 Å². The monoisotopic (exact) mass is 361 g/mol. The van der Waals surface area contributed by atoms with E-state index in [0.717, 1.165) is 0 Å². The summed E-state index contributed by atoms with van der Waals surface area (Å²) in [5.74, 6) is 0. The Kier molecular flexibility index (Phi) is 25.6. The van der Waals surface area contributed by atoms with Crippen LogP contribution in [0.4, 0.5) is 0 Å². The molecule has 0 aliphatic carbocycles. The number of rotatable bonds is 2. The first-order valence-corrected chi connectivity index (χ1v) is 7.05. The molecule has 1 radical (unpaired) electrons. The number of aryl methyl sites for hydroxylation is 1. The van der Waals surface area contributed by atoms with Gasteiger partial charge in [0.2, 0.25) is 0 Å². The van der Waals surface area contributed by atoms with Gasteiger partial charge >= 0.3 is 0 Å². The first-order valence-electron chi connectivity index (χ1n) is 7.05. The van der Waals surface area contributed by atoms with Crippen molar-refractivity contribution in [3.05, 3.63) is 66.5 Å². The molecule has 0 aliphatic heterocycles. The smallest absolute Gasteiger partial charge is 0.166 e. The maximum atomic E-state index is 9.83. The Morgan fingerprint density at radius 1 is 1.00 bits per heavy atom. The van der Waals surface area contributed by atoms with Crippen molar-refractivity contribution >= 4 is 6.29 Å². The van der Waals surface area contributed by atoms with Gasteiger partial charge in [-0.2, -0.15) is 42.2 Å². The van der Waals surface area contributed by atoms with E-state index in [1.165, 1.54) is 5.56 Å². The fourth-order valence-corrected chi connectivity index (χ4v) is 1.08. The summed E-state index contributed by atoms with van der Waals surface area (Å²) in [5.41, 5.74) is 1.29. The first kappa shape index (κ1) is 25.1. The summed E-state index contributed by atoms with van der Waals surface area (Å²) >= 11 is 0. The summed E-state index contributed by atoms with van der Waals surface area (Å²) in [6, 6.07) is 16.5. The molecular formula is C18H26NOY-. The number of pyridine rings is 1. The molecule has 2 rings (SSSR count). The van der Waals surface area contributed by atoms with Crippen LogP contribution in [0.1, 0.15) is 33.3 Å². The van der Waals surface area contributed by atoms with Gasteiger partial charge in [0.25, 0.3) is 0 Å². The van der Waals surface area contributed by atoms with Gasteiger partial charge in [-0.25, -0.2) is 4.57 Å². The average Bonchev–Trinajstić information content (AvgIpc) is 2.54. The van der Waals surface area contributed by atoms with Crippen molar-refractivity contribution in [2.75, 3.05) is 0 Å². The van der Waals surface area contributed by atoms with Gasteiger partial charge in [-0.05, 0) is 0 Å². The number of hydrogen-bond donors (Lipinski definition) is 0. The largest absolute Gasteiger partial charge is 0.536 e. The van der Waals surface area contributed by atoms with Gasteiger partial charge in [-0.1, -0.05) is 40.7 Å². The van der Waals surface area contributed by atoms with Crippen LogP contribution in [0.25, 0.3) is 0 Å². The third kappa shape index (κ3) is 17.1. The van der Waals surface area contributed by atoms with Crippen LogP contribution in [0.5, 0.6) is 0 Å². The summed E-state index contributed by atoms with van der Waals surface area (Å²) in [6.07, 6.45) is 5.45. The molecule has 0 saturated carbocycles. The van der Waals surface area contributed by atoms with E-state index in [0.29, 0.717) is 6.54 Å². The zero-order chi connectivity index (χ0) is 15.6. The van der Waals surface area contributed by atoms with Gasteiger partial charge in [0.1, 0.15) is 0 Å². The fourth-order valence-electron chi connectivity index (χ4n) is 1.08. The second kappa shape index (κ2) is 21.4. The molecule has 3 heteroatoms. The topological polar surface area (TPSA) is 20.9 Å². The van der Waals surface area contributed by atoms with E-state index >= 15 is 0 Å². The molecule has 0 bridgehead atoms. The van der Waals surface area contributed by atoms with Gasteiger partial charge in [0.05, 0.1) is 6.54 Å². The number of benzene rings is 1. The first-order chi connectivity index (χ1) is 9.83. The Labute approximate surface area is 155 Å². The van der Waals surface area contributed by atoms with Crippen molar-refractivity contribution in [2.45, 2.75) is 41.2 Å². The van der Waals surface area contributed by atoms with E-state index in [1.807, 2.05) is 82.6 Å². The molecular weight excluding hydrogens is 335 g/mol. The molecule has 1 aromatic carbocycles. The van der Waals surface area contributed by atoms with Gasteiger partial charge in [-0.15, -0.1) is 0 Å². The van der Waals surface area contributed by atoms with Crippen LogP contribution in [-0.4, -0.2) is 6.29 Å². The van der Waals surface area contributed by atoms with Crippen LogP contribution in [0, 0.1) is 13.0 Å². The average molecular weight is 361 g/mol. The predicted octanol–water partition coefficient (Wildman–Crippen LogP) is 3.93. The number of aromatic nitrogens is 1. The molecule has 0 fully saturated rings. The van der Waals surface area contributed by atoms with Crippen molar-refractivity contribution in [3.8, 4) is 0 Å². The fraction of sp³-hybridized carbons (Fsp3) is 0.333. The molecule has 1 aromatic heterocycles. The van der Waals surface area contributed by atoms with E-state index in [2.05, 4.69) is 13.0 Å². The molecule has 1 heterocycles. The van der Waals surface area contributed by atoms with Crippen LogP contribution in [0.15, 0.2) is 54.9 Å².